The summed E-state index contributed by atoms with van der Waals surface area (Å²) < 4.78 is 0. The zero-order valence-electron chi connectivity index (χ0n) is 15.7. The predicted molar refractivity (Wildman–Crippen MR) is 112 cm³/mol. The van der Waals surface area contributed by atoms with E-state index in [1.807, 2.05) is 60.9 Å². The second-order valence-corrected chi connectivity index (χ2v) is 6.78. The molecule has 4 aromatic heterocycles. The summed E-state index contributed by atoms with van der Waals surface area (Å²) in [6.45, 7) is 4.25. The quantitative estimate of drug-likeness (QED) is 0.542. The molecule has 6 heteroatoms. The second kappa shape index (κ2) is 7.92. The van der Waals surface area contributed by atoms with Crippen molar-refractivity contribution < 1.29 is 0 Å². The lowest BCUT2D eigenvalue weighted by Crippen LogP contribution is -2.00. The Hall–Kier alpha value is -3.67. The maximum Gasteiger partial charge on any atom is 0.154 e. The van der Waals surface area contributed by atoms with Gasteiger partial charge in [-0.15, -0.1) is 5.10 Å². The van der Waals surface area contributed by atoms with Crippen molar-refractivity contribution in [3.05, 3.63) is 77.9 Å². The minimum atomic E-state index is 0.388. The van der Waals surface area contributed by atoms with Gasteiger partial charge in [-0.05, 0) is 52.9 Å². The first-order chi connectivity index (χ1) is 13.7. The summed E-state index contributed by atoms with van der Waals surface area (Å²) in [6, 6.07) is 11.8. The molecule has 6 nitrogen and oxygen atoms in total. The largest absolute Gasteiger partial charge is 0.323 e. The van der Waals surface area contributed by atoms with Crippen LogP contribution in [-0.4, -0.2) is 25.1 Å². The molecule has 0 aliphatic rings. The Morgan fingerprint density at radius 3 is 2.61 bits per heavy atom. The molecule has 0 spiro atoms. The van der Waals surface area contributed by atoms with Gasteiger partial charge in [-0.2, -0.15) is 5.10 Å². The summed E-state index contributed by atoms with van der Waals surface area (Å²) in [6.07, 6.45) is 11.2. The number of aromatic nitrogens is 5. The van der Waals surface area contributed by atoms with Crippen molar-refractivity contribution in [3.8, 4) is 0 Å². The Balaban J connectivity index is 1.59. The van der Waals surface area contributed by atoms with E-state index in [-0.39, 0.29) is 0 Å². The molecule has 4 rings (SSSR count). The summed E-state index contributed by atoms with van der Waals surface area (Å²) in [4.78, 5) is 13.3. The molecule has 138 valence electrons. The van der Waals surface area contributed by atoms with Crippen molar-refractivity contribution in [1.29, 1.82) is 0 Å². The molecule has 0 radical (unpaired) electrons. The predicted octanol–water partition coefficient (Wildman–Crippen LogP) is 4.85. The van der Waals surface area contributed by atoms with E-state index < -0.39 is 0 Å². The first-order valence-corrected chi connectivity index (χ1v) is 9.12. The van der Waals surface area contributed by atoms with Crippen LogP contribution in [0.4, 0.5) is 11.6 Å². The van der Waals surface area contributed by atoms with Crippen LogP contribution >= 0.6 is 0 Å². The first kappa shape index (κ1) is 17.7. The SMILES string of the molecule is CC(C)c1cnnc(Nc2ccc3ncc(/C=C/c4cccnc4)cc3n2)c1. The molecule has 0 fully saturated rings. The van der Waals surface area contributed by atoms with Crippen LogP contribution in [0.15, 0.2) is 61.2 Å². The molecular weight excluding hydrogens is 348 g/mol. The highest BCUT2D eigenvalue weighted by molar-refractivity contribution is 5.80. The Labute approximate surface area is 163 Å². The smallest absolute Gasteiger partial charge is 0.154 e. The van der Waals surface area contributed by atoms with Gasteiger partial charge in [-0.1, -0.05) is 32.1 Å². The minimum absolute atomic E-state index is 0.388. The Morgan fingerprint density at radius 2 is 1.79 bits per heavy atom. The monoisotopic (exact) mass is 368 g/mol. The summed E-state index contributed by atoms with van der Waals surface area (Å²) in [5, 5.41) is 11.4. The van der Waals surface area contributed by atoms with Crippen LogP contribution in [0.3, 0.4) is 0 Å². The standard InChI is InChI=1S/C22H20N6/c1-15(2)18-11-22(28-25-14-18)27-21-8-7-19-20(26-21)10-17(13-24-19)6-5-16-4-3-9-23-12-16/h3-15H,1-2H3,(H,26,27,28)/b6-5+. The third kappa shape index (κ3) is 4.17. The molecular formula is C22H20N6. The molecule has 4 heterocycles. The first-order valence-electron chi connectivity index (χ1n) is 9.12. The van der Waals surface area contributed by atoms with E-state index in [4.69, 9.17) is 0 Å². The van der Waals surface area contributed by atoms with Crippen LogP contribution in [0.25, 0.3) is 23.2 Å². The van der Waals surface area contributed by atoms with E-state index in [9.17, 15) is 0 Å². The third-order valence-electron chi connectivity index (χ3n) is 4.31. The van der Waals surface area contributed by atoms with Gasteiger partial charge in [0, 0.05) is 18.6 Å². The third-order valence-corrected chi connectivity index (χ3v) is 4.31. The number of nitrogens with one attached hydrogen (secondary N) is 1. The van der Waals surface area contributed by atoms with E-state index in [0.29, 0.717) is 17.6 Å². The van der Waals surface area contributed by atoms with Gasteiger partial charge >= 0.3 is 0 Å². The summed E-state index contributed by atoms with van der Waals surface area (Å²) in [5.41, 5.74) is 4.79. The van der Waals surface area contributed by atoms with Crippen LogP contribution < -0.4 is 5.32 Å². The van der Waals surface area contributed by atoms with Gasteiger partial charge in [0.1, 0.15) is 5.82 Å². The number of hydrogen-bond donors (Lipinski definition) is 1. The number of fused-ring (bicyclic) bond motifs is 1. The molecule has 4 aromatic rings. The lowest BCUT2D eigenvalue weighted by Gasteiger charge is -2.08. The Kier molecular flexibility index (Phi) is 5.01. The maximum absolute atomic E-state index is 4.67. The maximum atomic E-state index is 4.67. The summed E-state index contributed by atoms with van der Waals surface area (Å²) in [5.74, 6) is 1.77. The van der Waals surface area contributed by atoms with Gasteiger partial charge in [-0.25, -0.2) is 4.98 Å². The summed E-state index contributed by atoms with van der Waals surface area (Å²) >= 11 is 0. The lowest BCUT2D eigenvalue weighted by molar-refractivity contribution is 0.843. The zero-order valence-corrected chi connectivity index (χ0v) is 15.7. The molecule has 0 atom stereocenters. The molecule has 0 aliphatic heterocycles. The van der Waals surface area contributed by atoms with Gasteiger partial charge in [-0.3, -0.25) is 9.97 Å². The highest BCUT2D eigenvalue weighted by Gasteiger charge is 2.05. The molecule has 0 saturated heterocycles. The molecule has 0 amide bonds. The fraction of sp³-hybridized carbons (Fsp3) is 0.136. The molecule has 0 unspecified atom stereocenters. The normalized spacial score (nSPS) is 11.4. The average Bonchev–Trinajstić information content (AvgIpc) is 2.73. The fourth-order valence-electron chi connectivity index (χ4n) is 2.74. The summed E-state index contributed by atoms with van der Waals surface area (Å²) in [7, 11) is 0. The zero-order chi connectivity index (χ0) is 19.3. The van der Waals surface area contributed by atoms with Crippen LogP contribution in [0, 0.1) is 0 Å². The lowest BCUT2D eigenvalue weighted by atomic mass is 10.1. The molecule has 0 aromatic carbocycles. The Bertz CT molecular complexity index is 1120. The van der Waals surface area contributed by atoms with Crippen molar-refractivity contribution >= 4 is 34.8 Å². The van der Waals surface area contributed by atoms with Crippen molar-refractivity contribution in [3.63, 3.8) is 0 Å². The second-order valence-electron chi connectivity index (χ2n) is 6.78. The van der Waals surface area contributed by atoms with Crippen LogP contribution in [0.5, 0.6) is 0 Å². The molecule has 28 heavy (non-hydrogen) atoms. The van der Waals surface area contributed by atoms with Crippen molar-refractivity contribution in [2.75, 3.05) is 5.32 Å². The molecule has 0 bridgehead atoms. The van der Waals surface area contributed by atoms with Crippen LogP contribution in [0.2, 0.25) is 0 Å². The van der Waals surface area contributed by atoms with Gasteiger partial charge in [0.05, 0.1) is 17.2 Å². The van der Waals surface area contributed by atoms with Crippen LogP contribution in [-0.2, 0) is 0 Å². The average molecular weight is 368 g/mol. The van der Waals surface area contributed by atoms with Gasteiger partial charge in [0.25, 0.3) is 0 Å². The van der Waals surface area contributed by atoms with Gasteiger partial charge < -0.3 is 5.32 Å². The highest BCUT2D eigenvalue weighted by atomic mass is 15.2. The Morgan fingerprint density at radius 1 is 0.893 bits per heavy atom. The molecule has 0 saturated carbocycles. The van der Waals surface area contributed by atoms with Crippen molar-refractivity contribution in [1.82, 2.24) is 25.1 Å². The highest BCUT2D eigenvalue weighted by Crippen LogP contribution is 2.20. The number of pyridine rings is 3. The van der Waals surface area contributed by atoms with E-state index in [1.54, 1.807) is 12.4 Å². The number of rotatable bonds is 5. The molecule has 1 N–H and O–H groups in total. The minimum Gasteiger partial charge on any atom is -0.323 e. The van der Waals surface area contributed by atoms with E-state index >= 15 is 0 Å². The van der Waals surface area contributed by atoms with E-state index in [1.165, 1.54) is 0 Å². The number of anilines is 2. The van der Waals surface area contributed by atoms with Gasteiger partial charge in [0.15, 0.2) is 5.82 Å². The number of hydrogen-bond acceptors (Lipinski definition) is 6. The van der Waals surface area contributed by atoms with Crippen LogP contribution in [0.1, 0.15) is 36.5 Å². The fourth-order valence-corrected chi connectivity index (χ4v) is 2.74. The number of nitrogens with zero attached hydrogens (tertiary/aromatic N) is 5. The topological polar surface area (TPSA) is 76.5 Å². The van der Waals surface area contributed by atoms with Crippen molar-refractivity contribution in [2.24, 2.45) is 0 Å². The van der Waals surface area contributed by atoms with E-state index in [0.717, 1.165) is 27.7 Å². The van der Waals surface area contributed by atoms with Crippen molar-refractivity contribution in [2.45, 2.75) is 19.8 Å². The van der Waals surface area contributed by atoms with E-state index in [2.05, 4.69) is 44.3 Å². The molecule has 0 aliphatic carbocycles. The van der Waals surface area contributed by atoms with Gasteiger partial charge in [0.2, 0.25) is 0 Å².